The highest BCUT2D eigenvalue weighted by Gasteiger charge is 2.10. The molecule has 0 heterocycles. The summed E-state index contributed by atoms with van der Waals surface area (Å²) in [7, 11) is 1.67. The van der Waals surface area contributed by atoms with Crippen LogP contribution in [0.15, 0.2) is 12.2 Å². The molecule has 0 radical (unpaired) electrons. The molecule has 0 aromatic carbocycles. The number of halogens is 1. The first-order valence-electron chi connectivity index (χ1n) is 4.48. The summed E-state index contributed by atoms with van der Waals surface area (Å²) in [4.78, 5) is 0. The van der Waals surface area contributed by atoms with Gasteiger partial charge in [-0.3, -0.25) is 4.39 Å². The van der Waals surface area contributed by atoms with Crippen molar-refractivity contribution < 1.29 is 9.13 Å². The molecule has 0 amide bonds. The Morgan fingerprint density at radius 2 is 2.25 bits per heavy atom. The molecule has 0 aliphatic rings. The molecule has 0 aliphatic carbocycles. The van der Waals surface area contributed by atoms with Gasteiger partial charge in [0.05, 0.1) is 13.3 Å². The molecular weight excluding hydrogens is 155 g/mol. The minimum atomic E-state index is -0.303. The van der Waals surface area contributed by atoms with Gasteiger partial charge in [-0.2, -0.15) is 0 Å². The highest BCUT2D eigenvalue weighted by Crippen LogP contribution is 2.18. The second-order valence-corrected chi connectivity index (χ2v) is 3.04. The monoisotopic (exact) mass is 174 g/mol. The first kappa shape index (κ1) is 11.6. The Balaban J connectivity index is 3.81. The second kappa shape index (κ2) is 7.29. The van der Waals surface area contributed by atoms with Gasteiger partial charge >= 0.3 is 0 Å². The van der Waals surface area contributed by atoms with Gasteiger partial charge in [0.15, 0.2) is 0 Å². The first-order chi connectivity index (χ1) is 5.76. The number of methoxy groups -OCH3 is 1. The molecule has 0 aromatic heterocycles. The number of hydrogen-bond acceptors (Lipinski definition) is 1. The van der Waals surface area contributed by atoms with Crippen LogP contribution in [-0.4, -0.2) is 20.4 Å². The van der Waals surface area contributed by atoms with Crippen molar-refractivity contribution in [1.29, 1.82) is 0 Å². The molecule has 0 saturated carbocycles. The van der Waals surface area contributed by atoms with Crippen molar-refractivity contribution in [1.82, 2.24) is 0 Å². The van der Waals surface area contributed by atoms with Crippen molar-refractivity contribution in [3.05, 3.63) is 12.2 Å². The third-order valence-corrected chi connectivity index (χ3v) is 2.00. The molecule has 0 fully saturated rings. The van der Waals surface area contributed by atoms with E-state index >= 15 is 0 Å². The number of ether oxygens (including phenoxy) is 1. The van der Waals surface area contributed by atoms with Gasteiger partial charge in [0.2, 0.25) is 0 Å². The third-order valence-electron chi connectivity index (χ3n) is 2.00. The Morgan fingerprint density at radius 3 is 2.67 bits per heavy atom. The van der Waals surface area contributed by atoms with Crippen molar-refractivity contribution in [2.24, 2.45) is 5.92 Å². The van der Waals surface area contributed by atoms with Gasteiger partial charge in [-0.05, 0) is 12.8 Å². The molecule has 0 aromatic rings. The molecule has 0 unspecified atom stereocenters. The third kappa shape index (κ3) is 4.50. The lowest BCUT2D eigenvalue weighted by Crippen LogP contribution is -2.10. The lowest BCUT2D eigenvalue weighted by molar-refractivity contribution is 0.159. The van der Waals surface area contributed by atoms with Crippen molar-refractivity contribution in [2.75, 3.05) is 20.4 Å². The highest BCUT2D eigenvalue weighted by atomic mass is 19.1. The van der Waals surface area contributed by atoms with Crippen LogP contribution >= 0.6 is 0 Å². The van der Waals surface area contributed by atoms with Crippen molar-refractivity contribution in [3.63, 3.8) is 0 Å². The Bertz CT molecular complexity index is 117. The van der Waals surface area contributed by atoms with Crippen LogP contribution in [0.5, 0.6) is 0 Å². The van der Waals surface area contributed by atoms with Crippen LogP contribution in [0.4, 0.5) is 4.39 Å². The lowest BCUT2D eigenvalue weighted by Gasteiger charge is -2.16. The largest absolute Gasteiger partial charge is 0.384 e. The lowest BCUT2D eigenvalue weighted by atomic mass is 9.94. The van der Waals surface area contributed by atoms with E-state index in [1.165, 1.54) is 0 Å². The van der Waals surface area contributed by atoms with E-state index in [0.717, 1.165) is 18.4 Å². The van der Waals surface area contributed by atoms with E-state index in [2.05, 4.69) is 13.5 Å². The summed E-state index contributed by atoms with van der Waals surface area (Å²) in [6, 6.07) is 0. The van der Waals surface area contributed by atoms with Crippen LogP contribution in [-0.2, 0) is 4.74 Å². The second-order valence-electron chi connectivity index (χ2n) is 3.04. The van der Waals surface area contributed by atoms with E-state index in [1.807, 2.05) is 0 Å². The van der Waals surface area contributed by atoms with Crippen LogP contribution in [0.2, 0.25) is 0 Å². The van der Waals surface area contributed by atoms with E-state index in [9.17, 15) is 4.39 Å². The maximum atomic E-state index is 12.0. The van der Waals surface area contributed by atoms with E-state index in [-0.39, 0.29) is 6.67 Å². The predicted octanol–water partition coefficient (Wildman–Crippen LogP) is 2.96. The van der Waals surface area contributed by atoms with E-state index in [1.54, 1.807) is 7.11 Å². The fourth-order valence-electron chi connectivity index (χ4n) is 1.28. The molecule has 72 valence electrons. The summed E-state index contributed by atoms with van der Waals surface area (Å²) in [5, 5.41) is 0. The Labute approximate surface area is 74.6 Å². The van der Waals surface area contributed by atoms with Crippen LogP contribution in [0, 0.1) is 5.92 Å². The van der Waals surface area contributed by atoms with E-state index in [0.29, 0.717) is 18.9 Å². The fraction of sp³-hybridized carbons (Fsp3) is 0.800. The summed E-state index contributed by atoms with van der Waals surface area (Å²) in [6.07, 6.45) is 2.63. The average molecular weight is 174 g/mol. The normalized spacial score (nSPS) is 12.9. The first-order valence-corrected chi connectivity index (χ1v) is 4.48. The van der Waals surface area contributed by atoms with Gasteiger partial charge in [0, 0.05) is 13.0 Å². The SMILES string of the molecule is C=C(CCF)[C@@H](CCC)COC. The van der Waals surface area contributed by atoms with Crippen molar-refractivity contribution in [3.8, 4) is 0 Å². The van der Waals surface area contributed by atoms with Gasteiger partial charge in [-0.1, -0.05) is 25.5 Å². The van der Waals surface area contributed by atoms with E-state index < -0.39 is 0 Å². The van der Waals surface area contributed by atoms with Gasteiger partial charge < -0.3 is 4.74 Å². The molecule has 0 rings (SSSR count). The van der Waals surface area contributed by atoms with E-state index in [4.69, 9.17) is 4.74 Å². The Hall–Kier alpha value is -0.370. The fourth-order valence-corrected chi connectivity index (χ4v) is 1.28. The van der Waals surface area contributed by atoms with Crippen LogP contribution in [0.25, 0.3) is 0 Å². The zero-order chi connectivity index (χ0) is 9.40. The van der Waals surface area contributed by atoms with Crippen LogP contribution in [0.3, 0.4) is 0 Å². The predicted molar refractivity (Wildman–Crippen MR) is 50.0 cm³/mol. The smallest absolute Gasteiger partial charge is 0.0931 e. The molecule has 0 spiro atoms. The Morgan fingerprint density at radius 1 is 1.58 bits per heavy atom. The zero-order valence-corrected chi connectivity index (χ0v) is 8.11. The van der Waals surface area contributed by atoms with Crippen LogP contribution in [0.1, 0.15) is 26.2 Å². The van der Waals surface area contributed by atoms with Gasteiger partial charge in [-0.25, -0.2) is 0 Å². The summed E-state index contributed by atoms with van der Waals surface area (Å²) >= 11 is 0. The number of hydrogen-bond donors (Lipinski definition) is 0. The van der Waals surface area contributed by atoms with Gasteiger partial charge in [-0.15, -0.1) is 0 Å². The van der Waals surface area contributed by atoms with Crippen LogP contribution < -0.4 is 0 Å². The minimum absolute atomic E-state index is 0.303. The quantitative estimate of drug-likeness (QED) is 0.539. The average Bonchev–Trinajstić information content (AvgIpc) is 2.04. The molecule has 0 bridgehead atoms. The Kier molecular flexibility index (Phi) is 7.06. The summed E-state index contributed by atoms with van der Waals surface area (Å²) < 4.78 is 17.0. The molecule has 0 saturated heterocycles. The summed E-state index contributed by atoms with van der Waals surface area (Å²) in [5.74, 6) is 0.343. The number of rotatable bonds is 7. The van der Waals surface area contributed by atoms with Gasteiger partial charge in [0.1, 0.15) is 0 Å². The number of alkyl halides is 1. The molecule has 1 atom stereocenters. The maximum Gasteiger partial charge on any atom is 0.0931 e. The summed E-state index contributed by atoms with van der Waals surface area (Å²) in [6.45, 7) is 6.35. The van der Waals surface area contributed by atoms with Crippen molar-refractivity contribution >= 4 is 0 Å². The molecule has 0 N–H and O–H groups in total. The minimum Gasteiger partial charge on any atom is -0.384 e. The molecular formula is C10H19FO. The van der Waals surface area contributed by atoms with Crippen molar-refractivity contribution in [2.45, 2.75) is 26.2 Å². The topological polar surface area (TPSA) is 9.23 Å². The maximum absolute atomic E-state index is 12.0. The standard InChI is InChI=1S/C10H19FO/c1-4-5-10(8-12-3)9(2)6-7-11/h10H,2,4-8H2,1,3H3/t10-/m0/s1. The molecule has 1 nitrogen and oxygen atoms in total. The molecule has 0 aliphatic heterocycles. The molecule has 2 heteroatoms. The zero-order valence-electron chi connectivity index (χ0n) is 8.11. The summed E-state index contributed by atoms with van der Waals surface area (Å²) in [5.41, 5.74) is 0.987. The molecule has 12 heavy (non-hydrogen) atoms. The highest BCUT2D eigenvalue weighted by molar-refractivity contribution is 5.00. The van der Waals surface area contributed by atoms with Gasteiger partial charge in [0.25, 0.3) is 0 Å².